The number of hydrogen-bond donors (Lipinski definition) is 1. The summed E-state index contributed by atoms with van der Waals surface area (Å²) in [4.78, 5) is 10.9. The Morgan fingerprint density at radius 1 is 1.26 bits per heavy atom. The van der Waals surface area contributed by atoms with Gasteiger partial charge in [0.1, 0.15) is 0 Å². The zero-order valence-corrected chi connectivity index (χ0v) is 12.0. The number of carboxylic acids is 1. The number of sulfonamides is 1. The molecule has 0 saturated carbocycles. The van der Waals surface area contributed by atoms with Crippen LogP contribution in [-0.2, 0) is 24.7 Å². The van der Waals surface area contributed by atoms with Crippen LogP contribution in [0.4, 0.5) is 0 Å². The van der Waals surface area contributed by atoms with Crippen LogP contribution < -0.4 is 0 Å². The summed E-state index contributed by atoms with van der Waals surface area (Å²) in [6.45, 7) is 0.233. The minimum absolute atomic E-state index is 0.0474. The van der Waals surface area contributed by atoms with Crippen molar-refractivity contribution in [3.05, 3.63) is 0 Å². The van der Waals surface area contributed by atoms with E-state index >= 15 is 0 Å². The van der Waals surface area contributed by atoms with Gasteiger partial charge in [-0.3, -0.25) is 4.79 Å². The average Bonchev–Trinajstić information content (AvgIpc) is 2.70. The molecule has 2 atom stereocenters. The second kappa shape index (κ2) is 5.02. The molecule has 2 saturated heterocycles. The van der Waals surface area contributed by atoms with Crippen molar-refractivity contribution in [3.8, 4) is 0 Å². The fourth-order valence-electron chi connectivity index (χ4n) is 2.58. The molecule has 110 valence electrons. The van der Waals surface area contributed by atoms with Crippen molar-refractivity contribution in [3.63, 3.8) is 0 Å². The zero-order chi connectivity index (χ0) is 14.3. The summed E-state index contributed by atoms with van der Waals surface area (Å²) in [6, 6.07) is 0. The molecule has 0 amide bonds. The van der Waals surface area contributed by atoms with Crippen molar-refractivity contribution in [2.75, 3.05) is 24.6 Å². The van der Waals surface area contributed by atoms with Gasteiger partial charge >= 0.3 is 5.97 Å². The minimum atomic E-state index is -3.71. The fraction of sp³-hybridized carbons (Fsp3) is 0.900. The second-order valence-corrected chi connectivity index (χ2v) is 9.55. The summed E-state index contributed by atoms with van der Waals surface area (Å²) in [5.74, 6) is -2.14. The quantitative estimate of drug-likeness (QED) is 0.738. The predicted octanol–water partition coefficient (Wildman–Crippen LogP) is -0.700. The van der Waals surface area contributed by atoms with Gasteiger partial charge in [-0.1, -0.05) is 0 Å². The summed E-state index contributed by atoms with van der Waals surface area (Å²) >= 11 is 0. The minimum Gasteiger partial charge on any atom is -0.481 e. The third kappa shape index (κ3) is 3.09. The normalized spacial score (nSPS) is 32.2. The third-order valence-electron chi connectivity index (χ3n) is 3.71. The lowest BCUT2D eigenvalue weighted by Crippen LogP contribution is -2.46. The molecule has 2 heterocycles. The van der Waals surface area contributed by atoms with Gasteiger partial charge in [-0.05, 0) is 19.3 Å². The summed E-state index contributed by atoms with van der Waals surface area (Å²) in [5, 5.41) is 8.04. The van der Waals surface area contributed by atoms with Gasteiger partial charge < -0.3 is 5.11 Å². The molecule has 2 fully saturated rings. The number of nitrogens with zero attached hydrogens (tertiary/aromatic N) is 1. The number of carbonyl (C=O) groups is 1. The Balaban J connectivity index is 2.14. The highest BCUT2D eigenvalue weighted by Gasteiger charge is 2.42. The van der Waals surface area contributed by atoms with Gasteiger partial charge in [0.05, 0.1) is 22.7 Å². The van der Waals surface area contributed by atoms with Crippen LogP contribution in [0.2, 0.25) is 0 Å². The Hall–Kier alpha value is -0.670. The molecule has 0 spiro atoms. The highest BCUT2D eigenvalue weighted by atomic mass is 32.2. The van der Waals surface area contributed by atoms with Crippen LogP contribution in [0.15, 0.2) is 0 Å². The largest absolute Gasteiger partial charge is 0.481 e. The molecule has 0 aromatic carbocycles. The molecule has 9 heteroatoms. The van der Waals surface area contributed by atoms with Gasteiger partial charge in [0, 0.05) is 13.1 Å². The first kappa shape index (κ1) is 14.7. The number of rotatable bonds is 3. The second-order valence-electron chi connectivity index (χ2n) is 5.11. The smallest absolute Gasteiger partial charge is 0.307 e. The molecule has 0 bridgehead atoms. The number of sulfone groups is 1. The zero-order valence-electron chi connectivity index (χ0n) is 10.4. The maximum Gasteiger partial charge on any atom is 0.307 e. The van der Waals surface area contributed by atoms with E-state index in [-0.39, 0.29) is 31.0 Å². The average molecular weight is 311 g/mol. The van der Waals surface area contributed by atoms with Crippen LogP contribution in [0.3, 0.4) is 0 Å². The predicted molar refractivity (Wildman–Crippen MR) is 67.9 cm³/mol. The van der Waals surface area contributed by atoms with E-state index in [4.69, 9.17) is 5.11 Å². The first-order chi connectivity index (χ1) is 8.72. The Kier molecular flexibility index (Phi) is 3.90. The first-order valence-corrected chi connectivity index (χ1v) is 9.47. The highest BCUT2D eigenvalue weighted by molar-refractivity contribution is 7.95. The molecular formula is C10H17NO6S2. The van der Waals surface area contributed by atoms with Crippen LogP contribution >= 0.6 is 0 Å². The van der Waals surface area contributed by atoms with Gasteiger partial charge in [-0.2, -0.15) is 0 Å². The Morgan fingerprint density at radius 3 is 2.47 bits per heavy atom. The van der Waals surface area contributed by atoms with Crippen LogP contribution in [0.5, 0.6) is 0 Å². The Bertz CT molecular complexity index is 567. The molecule has 0 aromatic rings. The highest BCUT2D eigenvalue weighted by Crippen LogP contribution is 2.26. The molecule has 19 heavy (non-hydrogen) atoms. The van der Waals surface area contributed by atoms with E-state index in [2.05, 4.69) is 0 Å². The molecule has 0 aromatic heterocycles. The first-order valence-electron chi connectivity index (χ1n) is 6.14. The van der Waals surface area contributed by atoms with Crippen LogP contribution in [0.1, 0.15) is 19.3 Å². The maximum atomic E-state index is 12.3. The van der Waals surface area contributed by atoms with Gasteiger partial charge in [0.2, 0.25) is 10.0 Å². The van der Waals surface area contributed by atoms with Gasteiger partial charge in [-0.25, -0.2) is 21.1 Å². The van der Waals surface area contributed by atoms with Crippen molar-refractivity contribution in [2.45, 2.75) is 24.5 Å². The molecule has 7 nitrogen and oxygen atoms in total. The number of piperidine rings is 1. The van der Waals surface area contributed by atoms with Crippen molar-refractivity contribution >= 4 is 25.8 Å². The molecule has 2 rings (SSSR count). The fourth-order valence-corrected chi connectivity index (χ4v) is 7.19. The van der Waals surface area contributed by atoms with Crippen LogP contribution in [-0.4, -0.2) is 62.1 Å². The summed E-state index contributed by atoms with van der Waals surface area (Å²) in [6.07, 6.45) is 1.07. The standard InChI is InChI=1S/C10H17NO6S2/c12-10(13)8-2-1-4-11(6-8)19(16,17)9-3-5-18(14,15)7-9/h8-9H,1-7H2,(H,12,13)/t8-,9?/m1/s1. The molecule has 0 radical (unpaired) electrons. The topological polar surface area (TPSA) is 109 Å². The maximum absolute atomic E-state index is 12.3. The van der Waals surface area contributed by atoms with E-state index in [0.717, 1.165) is 4.31 Å². The van der Waals surface area contributed by atoms with Gasteiger partial charge in [0.15, 0.2) is 9.84 Å². The van der Waals surface area contributed by atoms with E-state index < -0.39 is 37.0 Å². The van der Waals surface area contributed by atoms with Crippen LogP contribution in [0.25, 0.3) is 0 Å². The molecule has 0 aliphatic carbocycles. The molecular weight excluding hydrogens is 294 g/mol. The Morgan fingerprint density at radius 2 is 1.95 bits per heavy atom. The molecule has 1 N–H and O–H groups in total. The lowest BCUT2D eigenvalue weighted by atomic mass is 10.0. The SMILES string of the molecule is O=C(O)[C@@H]1CCCN(S(=O)(=O)C2CCS(=O)(=O)C2)C1. The van der Waals surface area contributed by atoms with Gasteiger partial charge in [0.25, 0.3) is 0 Å². The van der Waals surface area contributed by atoms with Crippen molar-refractivity contribution in [1.82, 2.24) is 4.31 Å². The summed E-state index contributed by atoms with van der Waals surface area (Å²) in [5.41, 5.74) is 0. The lowest BCUT2D eigenvalue weighted by molar-refractivity contribution is -0.142. The molecule has 2 aliphatic heterocycles. The number of aliphatic carboxylic acids is 1. The van der Waals surface area contributed by atoms with Crippen LogP contribution in [0, 0.1) is 5.92 Å². The third-order valence-corrected chi connectivity index (χ3v) is 7.98. The molecule has 1 unspecified atom stereocenters. The number of hydrogen-bond acceptors (Lipinski definition) is 5. The summed E-state index contributed by atoms with van der Waals surface area (Å²) < 4.78 is 48.5. The van der Waals surface area contributed by atoms with Crippen molar-refractivity contribution < 1.29 is 26.7 Å². The van der Waals surface area contributed by atoms with E-state index in [0.29, 0.717) is 12.8 Å². The van der Waals surface area contributed by atoms with E-state index in [1.165, 1.54) is 0 Å². The monoisotopic (exact) mass is 311 g/mol. The lowest BCUT2D eigenvalue weighted by Gasteiger charge is -2.31. The van der Waals surface area contributed by atoms with Crippen molar-refractivity contribution in [2.24, 2.45) is 5.92 Å². The van der Waals surface area contributed by atoms with Crippen molar-refractivity contribution in [1.29, 1.82) is 0 Å². The van der Waals surface area contributed by atoms with Gasteiger partial charge in [-0.15, -0.1) is 0 Å². The molecule has 2 aliphatic rings. The Labute approximate surface area is 112 Å². The van der Waals surface area contributed by atoms with E-state index in [1.807, 2.05) is 0 Å². The number of carboxylic acid groups (broad SMARTS) is 1. The van der Waals surface area contributed by atoms with E-state index in [9.17, 15) is 21.6 Å². The van der Waals surface area contributed by atoms with E-state index in [1.54, 1.807) is 0 Å². The summed E-state index contributed by atoms with van der Waals surface area (Å²) in [7, 11) is -6.98.